The molecule has 3 N–H and O–H groups in total. The van der Waals surface area contributed by atoms with E-state index in [4.69, 9.17) is 5.11 Å². The molecule has 0 aliphatic rings. The van der Waals surface area contributed by atoms with Crippen molar-refractivity contribution in [2.75, 3.05) is 0 Å². The number of carbonyl (C=O) groups excluding carboxylic acids is 1. The van der Waals surface area contributed by atoms with Crippen LogP contribution in [0.15, 0.2) is 18.7 Å². The molecule has 6 heteroatoms. The van der Waals surface area contributed by atoms with Gasteiger partial charge in [-0.25, -0.2) is 4.79 Å². The lowest BCUT2D eigenvalue weighted by atomic mass is 10.1. The second-order valence-corrected chi connectivity index (χ2v) is 4.73. The van der Waals surface area contributed by atoms with E-state index in [0.29, 0.717) is 6.42 Å². The number of hydrogen-bond donors (Lipinski definition) is 3. The molecule has 0 fully saturated rings. The summed E-state index contributed by atoms with van der Waals surface area (Å²) in [5.74, 6) is -1.48. The van der Waals surface area contributed by atoms with Crippen LogP contribution in [0.2, 0.25) is 0 Å². The number of allylic oxidation sites excluding steroid dienone is 1. The fourth-order valence-corrected chi connectivity index (χ4v) is 1.84. The van der Waals surface area contributed by atoms with Crippen LogP contribution in [0.4, 0.5) is 0 Å². The summed E-state index contributed by atoms with van der Waals surface area (Å²) in [5.41, 5.74) is 0.965. The minimum atomic E-state index is -1.02. The molecule has 0 saturated carbocycles. The third kappa shape index (κ3) is 5.26. The van der Waals surface area contributed by atoms with Crippen molar-refractivity contribution in [1.82, 2.24) is 15.5 Å². The van der Waals surface area contributed by atoms with Crippen LogP contribution in [0, 0.1) is 6.92 Å². The fourth-order valence-electron chi connectivity index (χ4n) is 1.84. The number of unbranched alkanes of at least 4 members (excludes halogenated alkanes) is 3. The molecule has 1 aromatic heterocycles. The molecule has 1 heterocycles. The molecule has 0 aromatic carbocycles. The van der Waals surface area contributed by atoms with Gasteiger partial charge in [0.05, 0.1) is 0 Å². The molecule has 1 atom stereocenters. The van der Waals surface area contributed by atoms with Crippen LogP contribution in [-0.4, -0.2) is 33.2 Å². The van der Waals surface area contributed by atoms with Crippen molar-refractivity contribution in [2.24, 2.45) is 0 Å². The monoisotopic (exact) mass is 279 g/mol. The Kier molecular flexibility index (Phi) is 6.49. The molecule has 1 amide bonds. The highest BCUT2D eigenvalue weighted by Crippen LogP contribution is 2.07. The van der Waals surface area contributed by atoms with Gasteiger partial charge in [0, 0.05) is 5.69 Å². The average Bonchev–Trinajstić information content (AvgIpc) is 2.83. The predicted molar refractivity (Wildman–Crippen MR) is 75.5 cm³/mol. The van der Waals surface area contributed by atoms with E-state index in [2.05, 4.69) is 22.1 Å². The van der Waals surface area contributed by atoms with E-state index in [9.17, 15) is 9.59 Å². The quantitative estimate of drug-likeness (QED) is 0.476. The van der Waals surface area contributed by atoms with Gasteiger partial charge in [-0.15, -0.1) is 6.58 Å². The summed E-state index contributed by atoms with van der Waals surface area (Å²) in [4.78, 5) is 23.0. The molecule has 110 valence electrons. The number of nitrogens with one attached hydrogen (secondary N) is 2. The second-order valence-electron chi connectivity index (χ2n) is 4.73. The summed E-state index contributed by atoms with van der Waals surface area (Å²) in [6.45, 7) is 5.41. The lowest BCUT2D eigenvalue weighted by Crippen LogP contribution is -2.40. The van der Waals surface area contributed by atoms with Crippen LogP contribution in [0.3, 0.4) is 0 Å². The van der Waals surface area contributed by atoms with Crippen molar-refractivity contribution in [3.05, 3.63) is 30.1 Å². The van der Waals surface area contributed by atoms with Crippen molar-refractivity contribution in [3.8, 4) is 0 Å². The molecular formula is C14H21N3O3. The van der Waals surface area contributed by atoms with Crippen LogP contribution in [-0.2, 0) is 4.79 Å². The topological polar surface area (TPSA) is 95.1 Å². The van der Waals surface area contributed by atoms with Gasteiger partial charge in [-0.1, -0.05) is 18.9 Å². The van der Waals surface area contributed by atoms with Gasteiger partial charge in [0.25, 0.3) is 5.91 Å². The normalized spacial score (nSPS) is 11.8. The van der Waals surface area contributed by atoms with Crippen LogP contribution in [0.1, 0.15) is 48.3 Å². The number of aliphatic carboxylic acids is 1. The lowest BCUT2D eigenvalue weighted by Gasteiger charge is -2.13. The van der Waals surface area contributed by atoms with Gasteiger partial charge in [0.15, 0.2) is 0 Å². The van der Waals surface area contributed by atoms with E-state index in [1.165, 1.54) is 0 Å². The molecule has 0 unspecified atom stereocenters. The zero-order chi connectivity index (χ0) is 15.0. The Morgan fingerprint density at radius 2 is 2.25 bits per heavy atom. The van der Waals surface area contributed by atoms with Gasteiger partial charge in [-0.2, -0.15) is 5.10 Å². The van der Waals surface area contributed by atoms with Crippen LogP contribution in [0.5, 0.6) is 0 Å². The standard InChI is InChI=1S/C14H21N3O3/c1-3-4-5-6-7-8-11(14(19)20)15-13(18)12-9-10(2)16-17-12/h3,9,11H,1,4-8H2,2H3,(H,15,18)(H,16,17)(H,19,20)/t11-/m0/s1. The third-order valence-electron chi connectivity index (χ3n) is 2.94. The molecular weight excluding hydrogens is 258 g/mol. The number of aryl methyl sites for hydroxylation is 1. The van der Waals surface area contributed by atoms with Crippen LogP contribution in [0.25, 0.3) is 0 Å². The lowest BCUT2D eigenvalue weighted by molar-refractivity contribution is -0.139. The van der Waals surface area contributed by atoms with Crippen molar-refractivity contribution in [2.45, 2.75) is 45.1 Å². The van der Waals surface area contributed by atoms with Crippen molar-refractivity contribution in [3.63, 3.8) is 0 Å². The molecule has 0 saturated heterocycles. The number of carbonyl (C=O) groups is 2. The zero-order valence-corrected chi connectivity index (χ0v) is 11.7. The zero-order valence-electron chi connectivity index (χ0n) is 11.7. The van der Waals surface area contributed by atoms with Crippen molar-refractivity contribution in [1.29, 1.82) is 0 Å². The highest BCUT2D eigenvalue weighted by atomic mass is 16.4. The summed E-state index contributed by atoms with van der Waals surface area (Å²) in [6.07, 6.45) is 5.86. The maximum absolute atomic E-state index is 11.8. The largest absolute Gasteiger partial charge is 0.480 e. The maximum atomic E-state index is 11.8. The Bertz CT molecular complexity index is 468. The van der Waals surface area contributed by atoms with Crippen molar-refractivity contribution >= 4 is 11.9 Å². The Hall–Kier alpha value is -2.11. The van der Waals surface area contributed by atoms with E-state index in [1.807, 2.05) is 6.08 Å². The number of aromatic amines is 1. The first kappa shape index (κ1) is 15.9. The van der Waals surface area contributed by atoms with Gasteiger partial charge >= 0.3 is 5.97 Å². The number of carboxylic acid groups (broad SMARTS) is 1. The molecule has 0 aliphatic heterocycles. The van der Waals surface area contributed by atoms with E-state index < -0.39 is 17.9 Å². The summed E-state index contributed by atoms with van der Waals surface area (Å²) >= 11 is 0. The van der Waals surface area contributed by atoms with Gasteiger partial charge in [-0.3, -0.25) is 9.89 Å². The minimum absolute atomic E-state index is 0.209. The molecule has 0 bridgehead atoms. The number of hydrogen-bond acceptors (Lipinski definition) is 3. The first-order chi connectivity index (χ1) is 9.54. The number of rotatable bonds is 9. The highest BCUT2D eigenvalue weighted by molar-refractivity contribution is 5.94. The van der Waals surface area contributed by atoms with Crippen molar-refractivity contribution < 1.29 is 14.7 Å². The number of nitrogens with zero attached hydrogens (tertiary/aromatic N) is 1. The number of carboxylic acids is 1. The summed E-state index contributed by atoms with van der Waals surface area (Å²) < 4.78 is 0. The predicted octanol–water partition coefficient (Wildman–Crippen LogP) is 2.04. The average molecular weight is 279 g/mol. The Balaban J connectivity index is 2.44. The first-order valence-corrected chi connectivity index (χ1v) is 6.71. The highest BCUT2D eigenvalue weighted by Gasteiger charge is 2.21. The maximum Gasteiger partial charge on any atom is 0.326 e. The summed E-state index contributed by atoms with van der Waals surface area (Å²) in [6, 6.07) is 0.710. The van der Waals surface area contributed by atoms with E-state index >= 15 is 0 Å². The van der Waals surface area contributed by atoms with E-state index in [0.717, 1.165) is 31.4 Å². The van der Waals surface area contributed by atoms with Crippen LogP contribution < -0.4 is 5.32 Å². The van der Waals surface area contributed by atoms with E-state index in [1.54, 1.807) is 13.0 Å². The number of aromatic nitrogens is 2. The SMILES string of the molecule is C=CCCCCC[C@H](NC(=O)c1cc(C)[nH]n1)C(=O)O. The molecule has 0 spiro atoms. The van der Waals surface area contributed by atoms with Gasteiger partial charge in [-0.05, 0) is 32.3 Å². The molecule has 1 rings (SSSR count). The summed E-state index contributed by atoms with van der Waals surface area (Å²) in [7, 11) is 0. The van der Waals surface area contributed by atoms with Gasteiger partial charge in [0.1, 0.15) is 11.7 Å². The van der Waals surface area contributed by atoms with Gasteiger partial charge < -0.3 is 10.4 Å². The molecule has 0 radical (unpaired) electrons. The Labute approximate surface area is 118 Å². The summed E-state index contributed by atoms with van der Waals surface area (Å²) in [5, 5.41) is 18.1. The fraction of sp³-hybridized carbons (Fsp3) is 0.500. The van der Waals surface area contributed by atoms with Gasteiger partial charge in [0.2, 0.25) is 0 Å². The molecule has 6 nitrogen and oxygen atoms in total. The van der Waals surface area contributed by atoms with E-state index in [-0.39, 0.29) is 5.69 Å². The Morgan fingerprint density at radius 1 is 1.50 bits per heavy atom. The second kappa shape index (κ2) is 8.14. The molecule has 0 aliphatic carbocycles. The minimum Gasteiger partial charge on any atom is -0.480 e. The number of amides is 1. The smallest absolute Gasteiger partial charge is 0.326 e. The molecule has 1 aromatic rings. The Morgan fingerprint density at radius 3 is 2.80 bits per heavy atom. The first-order valence-electron chi connectivity index (χ1n) is 6.71. The van der Waals surface area contributed by atoms with Crippen LogP contribution >= 0.6 is 0 Å². The number of H-pyrrole nitrogens is 1. The molecule has 20 heavy (non-hydrogen) atoms. The third-order valence-corrected chi connectivity index (χ3v) is 2.94.